The molecule has 2 aromatic rings. The summed E-state index contributed by atoms with van der Waals surface area (Å²) in [4.78, 5) is 8.73. The van der Waals surface area contributed by atoms with Crippen LogP contribution in [0.4, 0.5) is 0 Å². The third kappa shape index (κ3) is 6.49. The van der Waals surface area contributed by atoms with Gasteiger partial charge in [0.05, 0.1) is 16.9 Å². The highest BCUT2D eigenvalue weighted by molar-refractivity contribution is 6.29. The summed E-state index contributed by atoms with van der Waals surface area (Å²) in [6.45, 7) is 4.63. The van der Waals surface area contributed by atoms with Gasteiger partial charge in [-0.3, -0.25) is 4.98 Å². The molecule has 0 bridgehead atoms. The predicted molar refractivity (Wildman–Crippen MR) is 126 cm³/mol. The topological polar surface area (TPSA) is 140 Å². The van der Waals surface area contributed by atoms with Gasteiger partial charge in [-0.2, -0.15) is 0 Å². The predicted octanol–water partition coefficient (Wildman–Crippen LogP) is 3.66. The first-order chi connectivity index (χ1) is 14.3. The van der Waals surface area contributed by atoms with Crippen LogP contribution < -0.4 is 22.5 Å². The lowest BCUT2D eigenvalue weighted by Crippen LogP contribution is -2.14. The fraction of sp³-hybridized carbons (Fsp3) is 0.318. The van der Waals surface area contributed by atoms with Crippen LogP contribution in [0.15, 0.2) is 54.3 Å². The first-order valence-corrected chi connectivity index (χ1v) is 10.3. The average molecular weight is 428 g/mol. The fourth-order valence-electron chi connectivity index (χ4n) is 3.26. The molecule has 0 saturated carbocycles. The van der Waals surface area contributed by atoms with Crippen molar-refractivity contribution in [3.05, 3.63) is 65.0 Å². The fourth-order valence-corrected chi connectivity index (χ4v) is 3.42. The molecule has 0 spiro atoms. The number of nitrogens with zero attached hydrogens (tertiary/aromatic N) is 2. The molecular formula is C22H30ClN7. The highest BCUT2D eigenvalue weighted by Gasteiger charge is 2.11. The molecule has 2 aromatic heterocycles. The van der Waals surface area contributed by atoms with E-state index in [0.29, 0.717) is 22.3 Å². The van der Waals surface area contributed by atoms with Crippen molar-refractivity contribution in [1.29, 1.82) is 5.41 Å². The van der Waals surface area contributed by atoms with E-state index in [2.05, 4.69) is 22.2 Å². The molecule has 0 aliphatic heterocycles. The Hall–Kier alpha value is -3.06. The molecule has 0 amide bonds. The number of halogens is 1. The summed E-state index contributed by atoms with van der Waals surface area (Å²) >= 11 is 5.99. The minimum Gasteiger partial charge on any atom is -0.404 e. The van der Waals surface area contributed by atoms with Crippen molar-refractivity contribution < 1.29 is 0 Å². The van der Waals surface area contributed by atoms with Gasteiger partial charge in [-0.1, -0.05) is 18.5 Å². The van der Waals surface area contributed by atoms with E-state index in [4.69, 9.17) is 34.2 Å². The molecule has 7 nitrogen and oxygen atoms in total. The standard InChI is InChI=1S/C22H30ClN7/c1-3-15(16(11-24)10-22(26)27)5-4-8-28-13-18(14(2)25)17-9-20-19(29-12-17)6-7-21(23)30-20/h6-7,9-13,15,25,28H,3-5,8,24,26-27H2,1-2H3/b16-11+,18-13+,25-14?. The van der Waals surface area contributed by atoms with E-state index in [0.717, 1.165) is 48.0 Å². The summed E-state index contributed by atoms with van der Waals surface area (Å²) in [5.74, 6) is 0.560. The Labute approximate surface area is 182 Å². The number of pyridine rings is 2. The number of aromatic nitrogens is 2. The molecule has 30 heavy (non-hydrogen) atoms. The SMILES string of the molecule is CCC(CCCN/C=C(\C(C)=N)c1cnc2ccc(Cl)nc2c1)/C(C=C(N)N)=C/N. The van der Waals surface area contributed by atoms with Gasteiger partial charge in [0.2, 0.25) is 0 Å². The van der Waals surface area contributed by atoms with Crippen LogP contribution in [0.3, 0.4) is 0 Å². The second kappa shape index (κ2) is 11.2. The van der Waals surface area contributed by atoms with Crippen molar-refractivity contribution in [3.63, 3.8) is 0 Å². The molecule has 160 valence electrons. The molecule has 0 aliphatic carbocycles. The van der Waals surface area contributed by atoms with Crippen LogP contribution >= 0.6 is 11.6 Å². The Morgan fingerprint density at radius 3 is 2.70 bits per heavy atom. The maximum absolute atomic E-state index is 8.13. The second-order valence-corrected chi connectivity index (χ2v) is 7.48. The van der Waals surface area contributed by atoms with Gasteiger partial charge in [0.15, 0.2) is 0 Å². The third-order valence-electron chi connectivity index (χ3n) is 4.83. The van der Waals surface area contributed by atoms with E-state index in [1.54, 1.807) is 31.5 Å². The van der Waals surface area contributed by atoms with Gasteiger partial charge in [0.25, 0.3) is 0 Å². The number of hydrogen-bond acceptors (Lipinski definition) is 7. The second-order valence-electron chi connectivity index (χ2n) is 7.09. The quantitative estimate of drug-likeness (QED) is 0.169. The van der Waals surface area contributed by atoms with Crippen molar-refractivity contribution in [2.24, 2.45) is 23.1 Å². The van der Waals surface area contributed by atoms with Crippen molar-refractivity contribution in [1.82, 2.24) is 15.3 Å². The van der Waals surface area contributed by atoms with Gasteiger partial charge in [-0.05, 0) is 68.2 Å². The van der Waals surface area contributed by atoms with Gasteiger partial charge in [-0.15, -0.1) is 0 Å². The monoisotopic (exact) mass is 427 g/mol. The van der Waals surface area contributed by atoms with Crippen molar-refractivity contribution in [2.45, 2.75) is 33.1 Å². The summed E-state index contributed by atoms with van der Waals surface area (Å²) in [5, 5.41) is 11.9. The van der Waals surface area contributed by atoms with E-state index in [9.17, 15) is 0 Å². The molecule has 8 N–H and O–H groups in total. The van der Waals surface area contributed by atoms with Crippen LogP contribution in [-0.4, -0.2) is 22.2 Å². The van der Waals surface area contributed by atoms with E-state index in [1.165, 1.54) is 0 Å². The Morgan fingerprint density at radius 1 is 1.30 bits per heavy atom. The van der Waals surface area contributed by atoms with Gasteiger partial charge in [-0.25, -0.2) is 4.98 Å². The average Bonchev–Trinajstić information content (AvgIpc) is 2.71. The van der Waals surface area contributed by atoms with E-state index in [-0.39, 0.29) is 5.82 Å². The van der Waals surface area contributed by atoms with Crippen LogP contribution in [-0.2, 0) is 0 Å². The molecule has 1 unspecified atom stereocenters. The van der Waals surface area contributed by atoms with Gasteiger partial charge in [0.1, 0.15) is 5.15 Å². The zero-order chi connectivity index (χ0) is 22.1. The number of nitrogens with one attached hydrogen (secondary N) is 2. The first-order valence-electron chi connectivity index (χ1n) is 9.91. The van der Waals surface area contributed by atoms with Crippen molar-refractivity contribution in [2.75, 3.05) is 6.54 Å². The molecule has 0 radical (unpaired) electrons. The Balaban J connectivity index is 2.04. The first kappa shape index (κ1) is 23.2. The van der Waals surface area contributed by atoms with Crippen LogP contribution in [0.25, 0.3) is 16.6 Å². The summed E-state index contributed by atoms with van der Waals surface area (Å²) < 4.78 is 0. The molecule has 0 fully saturated rings. The lowest BCUT2D eigenvalue weighted by Gasteiger charge is -2.16. The highest BCUT2D eigenvalue weighted by Crippen LogP contribution is 2.22. The summed E-state index contributed by atoms with van der Waals surface area (Å²) in [7, 11) is 0. The number of allylic oxidation sites excluding steroid dienone is 3. The molecule has 8 heteroatoms. The molecule has 0 aromatic carbocycles. The molecule has 0 saturated heterocycles. The lowest BCUT2D eigenvalue weighted by molar-refractivity contribution is 0.521. The van der Waals surface area contributed by atoms with Crippen molar-refractivity contribution >= 4 is 33.9 Å². The molecule has 2 rings (SSSR count). The van der Waals surface area contributed by atoms with Gasteiger partial charge >= 0.3 is 0 Å². The zero-order valence-electron chi connectivity index (χ0n) is 17.5. The number of rotatable bonds is 10. The Bertz CT molecular complexity index is 975. The minimum absolute atomic E-state index is 0.261. The van der Waals surface area contributed by atoms with Gasteiger partial charge in [0, 0.05) is 35.8 Å². The van der Waals surface area contributed by atoms with Crippen LogP contribution in [0.5, 0.6) is 0 Å². The third-order valence-corrected chi connectivity index (χ3v) is 5.04. The lowest BCUT2D eigenvalue weighted by atomic mass is 9.92. The normalized spacial score (nSPS) is 13.2. The van der Waals surface area contributed by atoms with Crippen LogP contribution in [0, 0.1) is 11.3 Å². The van der Waals surface area contributed by atoms with Crippen molar-refractivity contribution in [3.8, 4) is 0 Å². The van der Waals surface area contributed by atoms with E-state index < -0.39 is 0 Å². The molecule has 0 aliphatic rings. The largest absolute Gasteiger partial charge is 0.404 e. The molecule has 1 atom stereocenters. The summed E-state index contributed by atoms with van der Waals surface area (Å²) in [5.41, 5.74) is 21.3. The smallest absolute Gasteiger partial charge is 0.129 e. The number of nitrogens with two attached hydrogens (primary N) is 3. The summed E-state index contributed by atoms with van der Waals surface area (Å²) in [6.07, 6.45) is 9.74. The minimum atomic E-state index is 0.261. The highest BCUT2D eigenvalue weighted by atomic mass is 35.5. The Kier molecular flexibility index (Phi) is 8.68. The van der Waals surface area contributed by atoms with E-state index in [1.807, 2.05) is 18.3 Å². The maximum atomic E-state index is 8.13. The van der Waals surface area contributed by atoms with Crippen LogP contribution in [0.2, 0.25) is 5.15 Å². The molecule has 2 heterocycles. The van der Waals surface area contributed by atoms with E-state index >= 15 is 0 Å². The number of fused-ring (bicyclic) bond motifs is 1. The molecular weight excluding hydrogens is 398 g/mol. The van der Waals surface area contributed by atoms with Gasteiger partial charge < -0.3 is 27.9 Å². The zero-order valence-corrected chi connectivity index (χ0v) is 18.2. The Morgan fingerprint density at radius 2 is 2.07 bits per heavy atom. The summed E-state index contributed by atoms with van der Waals surface area (Å²) in [6, 6.07) is 5.44. The maximum Gasteiger partial charge on any atom is 0.129 e. The number of hydrogen-bond donors (Lipinski definition) is 5. The van der Waals surface area contributed by atoms with Crippen LogP contribution in [0.1, 0.15) is 38.7 Å².